The molecule has 0 amide bonds. The number of halogens is 1. The van der Waals surface area contributed by atoms with Gasteiger partial charge in [0.15, 0.2) is 0 Å². The quantitative estimate of drug-likeness (QED) is 0.220. The van der Waals surface area contributed by atoms with Crippen molar-refractivity contribution in [2.75, 3.05) is 13.2 Å². The number of hydrogen-bond donors (Lipinski definition) is 0. The van der Waals surface area contributed by atoms with Gasteiger partial charge >= 0.3 is 41.5 Å². The molecule has 82 valence electrons. The van der Waals surface area contributed by atoms with E-state index in [2.05, 4.69) is 9.47 Å². The minimum Gasteiger partial charge on any atom is -1.00 e. The number of esters is 2. The van der Waals surface area contributed by atoms with Crippen LogP contribution in [0.1, 0.15) is 15.3 Å². The molecule has 0 radical (unpaired) electrons. The molecule has 0 N–H and O–H groups in total. The van der Waals surface area contributed by atoms with Crippen LogP contribution in [0, 0.1) is 0 Å². The number of alkyl halides is 1. The predicted octanol–water partition coefficient (Wildman–Crippen LogP) is -2.86. The largest absolute Gasteiger partial charge is 1.00 e. The van der Waals surface area contributed by atoms with E-state index < -0.39 is 23.9 Å². The Bertz CT molecular complexity index is 249. The molecule has 0 saturated carbocycles. The van der Waals surface area contributed by atoms with Crippen molar-refractivity contribution in [1.29, 1.82) is 0 Å². The number of ether oxygens (including phenoxy) is 2. The molecule has 1 unspecified atom stereocenters. The van der Waals surface area contributed by atoms with E-state index in [0.29, 0.717) is 0 Å². The van der Waals surface area contributed by atoms with Crippen LogP contribution >= 0.6 is 0 Å². The standard InChI is InChI=1S/C8H11FO5.Na.H/c1-3-13-7(11)5(9)6(10)8(12)14-4-2;;/h5H,3-4H2,1-2H3;;/q;+1;-1. The zero-order valence-corrected chi connectivity index (χ0v) is 10.9. The van der Waals surface area contributed by atoms with Crippen molar-refractivity contribution in [1.82, 2.24) is 0 Å². The van der Waals surface area contributed by atoms with E-state index in [0.717, 1.165) is 0 Å². The molecule has 0 spiro atoms. The zero-order valence-electron chi connectivity index (χ0n) is 9.91. The van der Waals surface area contributed by atoms with Crippen molar-refractivity contribution >= 4 is 17.7 Å². The molecular formula is C8H12FNaO5. The Morgan fingerprint density at radius 3 is 2.07 bits per heavy atom. The van der Waals surface area contributed by atoms with Gasteiger partial charge < -0.3 is 10.9 Å². The first-order valence-corrected chi connectivity index (χ1v) is 4.06. The van der Waals surface area contributed by atoms with Gasteiger partial charge in [0, 0.05) is 0 Å². The van der Waals surface area contributed by atoms with E-state index in [1.807, 2.05) is 0 Å². The Balaban J connectivity index is -0.000000845. The molecule has 0 aromatic rings. The number of hydrogen-bond acceptors (Lipinski definition) is 5. The molecular weight excluding hydrogens is 218 g/mol. The molecule has 0 fully saturated rings. The van der Waals surface area contributed by atoms with Gasteiger partial charge in [-0.15, -0.1) is 0 Å². The fourth-order valence-electron chi connectivity index (χ4n) is 0.628. The maximum atomic E-state index is 12.8. The van der Waals surface area contributed by atoms with Gasteiger partial charge in [0.1, 0.15) is 0 Å². The molecule has 0 aromatic carbocycles. The van der Waals surface area contributed by atoms with Crippen LogP contribution in [-0.2, 0) is 23.9 Å². The smallest absolute Gasteiger partial charge is 1.00 e. The van der Waals surface area contributed by atoms with Crippen LogP contribution in [0.25, 0.3) is 0 Å². The summed E-state index contributed by atoms with van der Waals surface area (Å²) in [6.07, 6.45) is -2.59. The average Bonchev–Trinajstić information content (AvgIpc) is 2.16. The van der Waals surface area contributed by atoms with E-state index >= 15 is 0 Å². The Morgan fingerprint density at radius 2 is 1.67 bits per heavy atom. The van der Waals surface area contributed by atoms with E-state index in [9.17, 15) is 18.8 Å². The van der Waals surface area contributed by atoms with Crippen molar-refractivity contribution < 1.29 is 59.2 Å². The third-order valence-electron chi connectivity index (χ3n) is 1.20. The fraction of sp³-hybridized carbons (Fsp3) is 0.625. The summed E-state index contributed by atoms with van der Waals surface area (Å²) in [4.78, 5) is 32.1. The van der Waals surface area contributed by atoms with Crippen LogP contribution in [0.4, 0.5) is 4.39 Å². The molecule has 5 nitrogen and oxygen atoms in total. The van der Waals surface area contributed by atoms with Crippen LogP contribution in [0.15, 0.2) is 0 Å². The summed E-state index contributed by atoms with van der Waals surface area (Å²) >= 11 is 0. The van der Waals surface area contributed by atoms with Gasteiger partial charge in [-0.1, -0.05) is 0 Å². The fourth-order valence-corrected chi connectivity index (χ4v) is 0.628. The normalized spacial score (nSPS) is 10.9. The molecule has 1 atom stereocenters. The van der Waals surface area contributed by atoms with Crippen LogP contribution in [0.3, 0.4) is 0 Å². The molecule has 0 saturated heterocycles. The van der Waals surface area contributed by atoms with E-state index in [4.69, 9.17) is 0 Å². The minimum absolute atomic E-state index is 0. The minimum atomic E-state index is -2.59. The molecule has 0 aliphatic heterocycles. The summed E-state index contributed by atoms with van der Waals surface area (Å²) < 4.78 is 21.3. The Hall–Kier alpha value is -0.460. The number of rotatable bonds is 5. The van der Waals surface area contributed by atoms with Gasteiger partial charge in [0.2, 0.25) is 0 Å². The van der Waals surface area contributed by atoms with Crippen molar-refractivity contribution in [3.8, 4) is 0 Å². The van der Waals surface area contributed by atoms with Gasteiger partial charge in [-0.3, -0.25) is 4.79 Å². The Labute approximate surface area is 110 Å². The summed E-state index contributed by atoms with van der Waals surface area (Å²) in [5.41, 5.74) is 0. The number of Topliss-reactive ketones (excluding diaryl/α,β-unsaturated/α-hetero) is 1. The maximum Gasteiger partial charge on any atom is 1.00 e. The van der Waals surface area contributed by atoms with Crippen molar-refractivity contribution in [2.45, 2.75) is 20.0 Å². The molecule has 7 heteroatoms. The third-order valence-corrected chi connectivity index (χ3v) is 1.20. The summed E-state index contributed by atoms with van der Waals surface area (Å²) in [5.74, 6) is -4.27. The molecule has 15 heavy (non-hydrogen) atoms. The van der Waals surface area contributed by atoms with Gasteiger partial charge in [0.25, 0.3) is 12.0 Å². The summed E-state index contributed by atoms with van der Waals surface area (Å²) in [5, 5.41) is 0. The number of carbonyl (C=O) groups is 3. The molecule has 0 rings (SSSR count). The van der Waals surface area contributed by atoms with Crippen molar-refractivity contribution in [3.05, 3.63) is 0 Å². The molecule has 0 heterocycles. The van der Waals surface area contributed by atoms with Crippen LogP contribution in [0.5, 0.6) is 0 Å². The first-order valence-electron chi connectivity index (χ1n) is 4.06. The van der Waals surface area contributed by atoms with Crippen molar-refractivity contribution in [3.63, 3.8) is 0 Å². The summed E-state index contributed by atoms with van der Waals surface area (Å²) in [7, 11) is 0. The molecule has 0 bridgehead atoms. The van der Waals surface area contributed by atoms with Crippen LogP contribution < -0.4 is 29.6 Å². The van der Waals surface area contributed by atoms with Gasteiger partial charge in [-0.25, -0.2) is 14.0 Å². The van der Waals surface area contributed by atoms with E-state index in [-0.39, 0.29) is 44.2 Å². The van der Waals surface area contributed by atoms with Crippen LogP contribution in [0.2, 0.25) is 0 Å². The van der Waals surface area contributed by atoms with Gasteiger partial charge in [0.05, 0.1) is 13.2 Å². The van der Waals surface area contributed by atoms with Gasteiger partial charge in [-0.2, -0.15) is 0 Å². The average molecular weight is 230 g/mol. The zero-order chi connectivity index (χ0) is 11.1. The van der Waals surface area contributed by atoms with Crippen LogP contribution in [-0.4, -0.2) is 37.1 Å². The number of ketones is 1. The predicted molar refractivity (Wildman–Crippen MR) is 44.3 cm³/mol. The first-order chi connectivity index (χ1) is 6.54. The Morgan fingerprint density at radius 1 is 1.20 bits per heavy atom. The summed E-state index contributed by atoms with van der Waals surface area (Å²) in [6, 6.07) is 0. The SMILES string of the molecule is CCOC(=O)C(=O)C(F)C(=O)OCC.[H-].[Na+]. The van der Waals surface area contributed by atoms with E-state index in [1.165, 1.54) is 13.8 Å². The second kappa shape index (κ2) is 8.82. The maximum absolute atomic E-state index is 12.8. The second-order valence-corrected chi connectivity index (χ2v) is 2.20. The Kier molecular flexibility index (Phi) is 9.96. The van der Waals surface area contributed by atoms with Crippen molar-refractivity contribution in [2.24, 2.45) is 0 Å². The first kappa shape index (κ1) is 17.0. The van der Waals surface area contributed by atoms with E-state index in [1.54, 1.807) is 0 Å². The topological polar surface area (TPSA) is 69.7 Å². The molecule has 0 aliphatic carbocycles. The van der Waals surface area contributed by atoms with Gasteiger partial charge in [-0.05, 0) is 13.8 Å². The number of carbonyl (C=O) groups excluding carboxylic acids is 3. The third kappa shape index (κ3) is 5.86. The molecule has 0 aliphatic rings. The second-order valence-electron chi connectivity index (χ2n) is 2.20. The summed E-state index contributed by atoms with van der Waals surface area (Å²) in [6.45, 7) is 2.80. The molecule has 0 aromatic heterocycles. The monoisotopic (exact) mass is 230 g/mol.